The topological polar surface area (TPSA) is 75.8 Å². The minimum atomic E-state index is -2.26. The van der Waals surface area contributed by atoms with Gasteiger partial charge in [0.2, 0.25) is 0 Å². The van der Waals surface area contributed by atoms with Crippen molar-refractivity contribution in [3.8, 4) is 0 Å². The first-order valence-electron chi connectivity index (χ1n) is 7.69. The van der Waals surface area contributed by atoms with Crippen molar-refractivity contribution in [2.75, 3.05) is 13.1 Å². The molecule has 124 valence electrons. The Kier molecular flexibility index (Phi) is 5.18. The van der Waals surface area contributed by atoms with Gasteiger partial charge in [0.15, 0.2) is 8.32 Å². The molecule has 3 N–H and O–H groups in total. The van der Waals surface area contributed by atoms with E-state index in [9.17, 15) is 9.59 Å². The SMILES string of the molecule is CC(C)(C)OC(=O)N1C[C@@H](CC(C)(C)[Si](C)(C)O)[C@@H](N)C1. The monoisotopic (exact) mass is 316 g/mol. The van der Waals surface area contributed by atoms with Gasteiger partial charge >= 0.3 is 6.09 Å². The zero-order valence-electron chi connectivity index (χ0n) is 14.6. The Labute approximate surface area is 130 Å². The third-order valence-electron chi connectivity index (χ3n) is 4.57. The first-order valence-corrected chi connectivity index (χ1v) is 10.6. The molecule has 1 rings (SSSR count). The van der Waals surface area contributed by atoms with Crippen LogP contribution in [0.3, 0.4) is 0 Å². The molecule has 2 atom stereocenters. The van der Waals surface area contributed by atoms with Crippen molar-refractivity contribution >= 4 is 14.4 Å². The molecule has 0 aromatic rings. The number of hydrogen-bond donors (Lipinski definition) is 2. The van der Waals surface area contributed by atoms with Gasteiger partial charge in [-0.15, -0.1) is 0 Å². The lowest BCUT2D eigenvalue weighted by molar-refractivity contribution is 0.0285. The van der Waals surface area contributed by atoms with Gasteiger partial charge in [0, 0.05) is 19.1 Å². The van der Waals surface area contributed by atoms with Crippen LogP contribution in [0.4, 0.5) is 4.79 Å². The molecule has 0 saturated carbocycles. The van der Waals surface area contributed by atoms with Crippen molar-refractivity contribution in [1.29, 1.82) is 0 Å². The van der Waals surface area contributed by atoms with Gasteiger partial charge in [-0.25, -0.2) is 4.79 Å². The highest BCUT2D eigenvalue weighted by Crippen LogP contribution is 2.43. The summed E-state index contributed by atoms with van der Waals surface area (Å²) in [5, 5.41) is -0.126. The molecule has 1 fully saturated rings. The second-order valence-electron chi connectivity index (χ2n) is 8.46. The van der Waals surface area contributed by atoms with E-state index in [-0.39, 0.29) is 23.1 Å². The van der Waals surface area contributed by atoms with Crippen LogP contribution in [0.2, 0.25) is 18.1 Å². The van der Waals surface area contributed by atoms with Gasteiger partial charge in [-0.05, 0) is 51.2 Å². The van der Waals surface area contributed by atoms with Gasteiger partial charge in [-0.2, -0.15) is 0 Å². The summed E-state index contributed by atoms with van der Waals surface area (Å²) in [4.78, 5) is 24.2. The first kappa shape index (κ1) is 18.5. The van der Waals surface area contributed by atoms with E-state index in [1.807, 2.05) is 33.9 Å². The highest BCUT2D eigenvalue weighted by atomic mass is 28.4. The van der Waals surface area contributed by atoms with Crippen LogP contribution in [-0.4, -0.2) is 48.8 Å². The van der Waals surface area contributed by atoms with E-state index in [4.69, 9.17) is 10.5 Å². The minimum Gasteiger partial charge on any atom is -0.444 e. The second-order valence-corrected chi connectivity index (χ2v) is 12.9. The van der Waals surface area contributed by atoms with Crippen LogP contribution in [0.1, 0.15) is 41.0 Å². The van der Waals surface area contributed by atoms with Crippen molar-refractivity contribution < 1.29 is 14.3 Å². The molecule has 0 aliphatic carbocycles. The number of carbonyl (C=O) groups is 1. The predicted molar refractivity (Wildman–Crippen MR) is 87.6 cm³/mol. The quantitative estimate of drug-likeness (QED) is 0.785. The molecule has 0 aromatic carbocycles. The number of rotatable bonds is 3. The Hall–Kier alpha value is -0.593. The Morgan fingerprint density at radius 3 is 2.24 bits per heavy atom. The van der Waals surface area contributed by atoms with Crippen LogP contribution in [-0.2, 0) is 4.74 Å². The van der Waals surface area contributed by atoms with E-state index in [1.165, 1.54) is 0 Å². The molecule has 1 aliphatic rings. The van der Waals surface area contributed by atoms with Crippen molar-refractivity contribution in [1.82, 2.24) is 4.90 Å². The summed E-state index contributed by atoms with van der Waals surface area (Å²) in [6.07, 6.45) is 0.544. The molecule has 5 nitrogen and oxygen atoms in total. The smallest absolute Gasteiger partial charge is 0.410 e. The average molecular weight is 317 g/mol. The fourth-order valence-electron chi connectivity index (χ4n) is 2.49. The molecule has 0 bridgehead atoms. The van der Waals surface area contributed by atoms with Crippen LogP contribution in [0.5, 0.6) is 0 Å². The summed E-state index contributed by atoms with van der Waals surface area (Å²) < 4.78 is 5.41. The first-order chi connectivity index (χ1) is 9.23. The fourth-order valence-corrected chi connectivity index (χ4v) is 3.25. The molecule has 21 heavy (non-hydrogen) atoms. The van der Waals surface area contributed by atoms with E-state index in [0.717, 1.165) is 6.42 Å². The minimum absolute atomic E-state index is 0.0480. The fraction of sp³-hybridized carbons (Fsp3) is 0.933. The highest BCUT2D eigenvalue weighted by molar-refractivity contribution is 6.72. The summed E-state index contributed by atoms with van der Waals surface area (Å²) in [5.74, 6) is 0.214. The maximum atomic E-state index is 12.1. The molecule has 1 amide bonds. The number of amides is 1. The van der Waals surface area contributed by atoms with Crippen LogP contribution in [0.25, 0.3) is 0 Å². The zero-order valence-corrected chi connectivity index (χ0v) is 15.6. The molecule has 0 spiro atoms. The standard InChI is InChI=1S/C15H32N2O3Si/c1-14(2,3)20-13(18)17-9-11(12(16)10-17)8-15(4,5)21(6,7)19/h11-12,19H,8-10,16H2,1-7H3/t11-,12+/m1/s1. The number of ether oxygens (including phenoxy) is 1. The van der Waals surface area contributed by atoms with Gasteiger partial charge in [-0.1, -0.05) is 13.8 Å². The molecule has 1 aliphatic heterocycles. The van der Waals surface area contributed by atoms with Gasteiger partial charge in [-0.3, -0.25) is 0 Å². The lowest BCUT2D eigenvalue weighted by Gasteiger charge is -2.37. The Morgan fingerprint density at radius 2 is 1.81 bits per heavy atom. The largest absolute Gasteiger partial charge is 0.444 e. The van der Waals surface area contributed by atoms with Crippen LogP contribution >= 0.6 is 0 Å². The molecular weight excluding hydrogens is 284 g/mol. The van der Waals surface area contributed by atoms with Gasteiger partial charge in [0.05, 0.1) is 0 Å². The molecule has 0 radical (unpaired) electrons. The number of likely N-dealkylation sites (tertiary alicyclic amines) is 1. The Morgan fingerprint density at radius 1 is 1.29 bits per heavy atom. The van der Waals surface area contributed by atoms with Gasteiger partial charge in [0.25, 0.3) is 0 Å². The van der Waals surface area contributed by atoms with Gasteiger partial charge in [0.1, 0.15) is 5.60 Å². The van der Waals surface area contributed by atoms with E-state index >= 15 is 0 Å². The number of nitrogens with two attached hydrogens (primary N) is 1. The van der Waals surface area contributed by atoms with Crippen LogP contribution in [0.15, 0.2) is 0 Å². The third-order valence-corrected chi connectivity index (χ3v) is 8.09. The number of carbonyl (C=O) groups excluding carboxylic acids is 1. The normalized spacial score (nSPS) is 24.3. The van der Waals surface area contributed by atoms with Crippen molar-refractivity contribution in [3.63, 3.8) is 0 Å². The van der Waals surface area contributed by atoms with Crippen molar-refractivity contribution in [2.24, 2.45) is 11.7 Å². The summed E-state index contributed by atoms with van der Waals surface area (Å²) in [6.45, 7) is 14.8. The maximum absolute atomic E-state index is 12.1. The van der Waals surface area contributed by atoms with E-state index in [1.54, 1.807) is 4.90 Å². The maximum Gasteiger partial charge on any atom is 0.410 e. The average Bonchev–Trinajstić information content (AvgIpc) is 2.55. The van der Waals surface area contributed by atoms with E-state index < -0.39 is 13.9 Å². The van der Waals surface area contributed by atoms with Crippen molar-refractivity contribution in [3.05, 3.63) is 0 Å². The summed E-state index contributed by atoms with van der Waals surface area (Å²) in [7, 11) is -2.26. The molecule has 6 heteroatoms. The zero-order chi connectivity index (χ0) is 16.6. The molecular formula is C15H32N2O3Si. The van der Waals surface area contributed by atoms with Crippen LogP contribution < -0.4 is 5.73 Å². The van der Waals surface area contributed by atoms with E-state index in [0.29, 0.717) is 13.1 Å². The summed E-state index contributed by atoms with van der Waals surface area (Å²) >= 11 is 0. The predicted octanol–water partition coefficient (Wildman–Crippen LogP) is 2.55. The van der Waals surface area contributed by atoms with E-state index in [2.05, 4.69) is 13.8 Å². The molecule has 0 unspecified atom stereocenters. The third kappa shape index (κ3) is 4.97. The summed E-state index contributed by atoms with van der Waals surface area (Å²) in [5.41, 5.74) is 5.72. The summed E-state index contributed by atoms with van der Waals surface area (Å²) in [6, 6.07) is -0.0480. The lowest BCUT2D eigenvalue weighted by atomic mass is 9.93. The van der Waals surface area contributed by atoms with Gasteiger partial charge < -0.3 is 20.2 Å². The Bertz CT molecular complexity index is 385. The lowest BCUT2D eigenvalue weighted by Crippen LogP contribution is -2.42. The molecule has 1 saturated heterocycles. The number of nitrogens with zero attached hydrogens (tertiary/aromatic N) is 1. The molecule has 0 aromatic heterocycles. The Balaban J connectivity index is 2.67. The molecule has 1 heterocycles. The van der Waals surface area contributed by atoms with Crippen LogP contribution in [0, 0.1) is 5.92 Å². The second kappa shape index (κ2) is 5.89. The van der Waals surface area contributed by atoms with Crippen molar-refractivity contribution in [2.45, 2.75) is 70.8 Å². The number of hydrogen-bond acceptors (Lipinski definition) is 4. The highest BCUT2D eigenvalue weighted by Gasteiger charge is 2.44.